The Labute approximate surface area is 149 Å². The van der Waals surface area contributed by atoms with Crippen LogP contribution in [0.1, 0.15) is 18.5 Å². The Morgan fingerprint density at radius 2 is 1.08 bits per heavy atom. The molecule has 128 valence electrons. The van der Waals surface area contributed by atoms with E-state index < -0.39 is 0 Å². The van der Waals surface area contributed by atoms with Crippen LogP contribution in [-0.4, -0.2) is 14.2 Å². The number of ether oxygens (including phenoxy) is 2. The van der Waals surface area contributed by atoms with Crippen LogP contribution in [0.3, 0.4) is 0 Å². The number of hydrogen-bond donors (Lipinski definition) is 0. The Morgan fingerprint density at radius 3 is 1.48 bits per heavy atom. The van der Waals surface area contributed by atoms with Gasteiger partial charge in [-0.3, -0.25) is 0 Å². The summed E-state index contributed by atoms with van der Waals surface area (Å²) >= 11 is 0. The van der Waals surface area contributed by atoms with Crippen molar-refractivity contribution in [1.29, 1.82) is 0 Å². The molecule has 3 aromatic rings. The van der Waals surface area contributed by atoms with Gasteiger partial charge in [0.1, 0.15) is 11.5 Å². The van der Waals surface area contributed by atoms with Gasteiger partial charge in [0.05, 0.1) is 20.3 Å². The van der Waals surface area contributed by atoms with Gasteiger partial charge in [0, 0.05) is 11.4 Å². The molecule has 0 aliphatic rings. The first-order valence-electron chi connectivity index (χ1n) is 8.35. The summed E-state index contributed by atoms with van der Waals surface area (Å²) in [6.07, 6.45) is 0. The fraction of sp³-hybridized carbons (Fsp3) is 0.182. The van der Waals surface area contributed by atoms with Crippen molar-refractivity contribution < 1.29 is 9.47 Å². The quantitative estimate of drug-likeness (QED) is 0.586. The highest BCUT2D eigenvalue weighted by atomic mass is 16.5. The first-order valence-corrected chi connectivity index (χ1v) is 8.35. The highest BCUT2D eigenvalue weighted by molar-refractivity contribution is 5.66. The lowest BCUT2D eigenvalue weighted by atomic mass is 10.0. The van der Waals surface area contributed by atoms with Gasteiger partial charge in [-0.15, -0.1) is 0 Å². The third-order valence-corrected chi connectivity index (χ3v) is 4.37. The lowest BCUT2D eigenvalue weighted by Crippen LogP contribution is -2.21. The molecule has 3 heteroatoms. The van der Waals surface area contributed by atoms with E-state index in [2.05, 4.69) is 60.4 Å². The first kappa shape index (κ1) is 16.9. The van der Waals surface area contributed by atoms with Crippen LogP contribution in [0.15, 0.2) is 78.9 Å². The molecule has 0 fully saturated rings. The van der Waals surface area contributed by atoms with Gasteiger partial charge in [-0.05, 0) is 61.0 Å². The molecule has 0 aromatic heterocycles. The highest BCUT2D eigenvalue weighted by Crippen LogP contribution is 2.36. The predicted octanol–water partition coefficient (Wildman–Crippen LogP) is 5.60. The molecule has 3 rings (SSSR count). The molecule has 0 spiro atoms. The standard InChI is InChI=1S/C22H23NO2/c1-17(18-7-5-4-6-8-18)23(19-9-13-21(24-2)14-10-19)20-11-15-22(25-3)16-12-20/h4-17H,1-3H3. The van der Waals surface area contributed by atoms with Gasteiger partial charge in [-0.1, -0.05) is 30.3 Å². The molecule has 0 aliphatic carbocycles. The van der Waals surface area contributed by atoms with E-state index in [0.717, 1.165) is 22.9 Å². The van der Waals surface area contributed by atoms with Crippen molar-refractivity contribution in [1.82, 2.24) is 0 Å². The number of benzene rings is 3. The van der Waals surface area contributed by atoms with Crippen LogP contribution in [-0.2, 0) is 0 Å². The minimum Gasteiger partial charge on any atom is -0.497 e. The second kappa shape index (κ2) is 7.75. The van der Waals surface area contributed by atoms with E-state index in [1.807, 2.05) is 30.3 Å². The van der Waals surface area contributed by atoms with E-state index in [0.29, 0.717) is 0 Å². The Morgan fingerprint density at radius 1 is 0.640 bits per heavy atom. The summed E-state index contributed by atoms with van der Waals surface area (Å²) in [7, 11) is 3.37. The minimum atomic E-state index is 0.183. The molecule has 0 saturated heterocycles. The van der Waals surface area contributed by atoms with Gasteiger partial charge < -0.3 is 14.4 Å². The summed E-state index contributed by atoms with van der Waals surface area (Å²) in [6, 6.07) is 27.0. The summed E-state index contributed by atoms with van der Waals surface area (Å²) in [4.78, 5) is 2.31. The summed E-state index contributed by atoms with van der Waals surface area (Å²) < 4.78 is 10.6. The largest absolute Gasteiger partial charge is 0.497 e. The van der Waals surface area contributed by atoms with Crippen molar-refractivity contribution in [3.63, 3.8) is 0 Å². The number of methoxy groups -OCH3 is 2. The van der Waals surface area contributed by atoms with Gasteiger partial charge in [0.25, 0.3) is 0 Å². The molecule has 0 aliphatic heterocycles. The topological polar surface area (TPSA) is 21.7 Å². The fourth-order valence-electron chi connectivity index (χ4n) is 2.96. The van der Waals surface area contributed by atoms with Crippen LogP contribution in [0.4, 0.5) is 11.4 Å². The SMILES string of the molecule is COc1ccc(N(c2ccc(OC)cc2)C(C)c2ccccc2)cc1. The molecule has 0 N–H and O–H groups in total. The lowest BCUT2D eigenvalue weighted by Gasteiger charge is -2.32. The van der Waals surface area contributed by atoms with Gasteiger partial charge in [0.15, 0.2) is 0 Å². The van der Waals surface area contributed by atoms with Crippen molar-refractivity contribution in [3.8, 4) is 11.5 Å². The molecule has 1 atom stereocenters. The molecule has 0 radical (unpaired) electrons. The van der Waals surface area contributed by atoms with E-state index in [4.69, 9.17) is 9.47 Å². The zero-order chi connectivity index (χ0) is 17.6. The molecule has 0 amide bonds. The summed E-state index contributed by atoms with van der Waals surface area (Å²) in [5.74, 6) is 1.71. The number of hydrogen-bond acceptors (Lipinski definition) is 3. The van der Waals surface area contributed by atoms with Crippen LogP contribution >= 0.6 is 0 Å². The molecule has 0 bridgehead atoms. The van der Waals surface area contributed by atoms with Crippen molar-refractivity contribution in [2.24, 2.45) is 0 Å². The third kappa shape index (κ3) is 3.77. The Kier molecular flexibility index (Phi) is 5.24. The summed E-state index contributed by atoms with van der Waals surface area (Å²) in [5.41, 5.74) is 3.48. The van der Waals surface area contributed by atoms with E-state index >= 15 is 0 Å². The molecular formula is C22H23NO2. The monoisotopic (exact) mass is 333 g/mol. The maximum Gasteiger partial charge on any atom is 0.119 e. The Bertz CT molecular complexity index is 735. The smallest absolute Gasteiger partial charge is 0.119 e. The fourth-order valence-corrected chi connectivity index (χ4v) is 2.96. The maximum absolute atomic E-state index is 5.29. The summed E-state index contributed by atoms with van der Waals surface area (Å²) in [6.45, 7) is 2.21. The zero-order valence-corrected chi connectivity index (χ0v) is 14.8. The second-order valence-corrected chi connectivity index (χ2v) is 5.85. The Balaban J connectivity index is 2.02. The van der Waals surface area contributed by atoms with Gasteiger partial charge >= 0.3 is 0 Å². The maximum atomic E-state index is 5.29. The number of nitrogens with zero attached hydrogens (tertiary/aromatic N) is 1. The van der Waals surface area contributed by atoms with E-state index in [1.165, 1.54) is 5.56 Å². The highest BCUT2D eigenvalue weighted by Gasteiger charge is 2.18. The minimum absolute atomic E-state index is 0.183. The first-order chi connectivity index (χ1) is 12.2. The van der Waals surface area contributed by atoms with E-state index in [-0.39, 0.29) is 6.04 Å². The number of anilines is 2. The average Bonchev–Trinajstić information content (AvgIpc) is 2.70. The van der Waals surface area contributed by atoms with Crippen molar-refractivity contribution >= 4 is 11.4 Å². The van der Waals surface area contributed by atoms with Gasteiger partial charge in [0.2, 0.25) is 0 Å². The van der Waals surface area contributed by atoms with Crippen LogP contribution in [0.25, 0.3) is 0 Å². The third-order valence-electron chi connectivity index (χ3n) is 4.37. The van der Waals surface area contributed by atoms with Crippen molar-refractivity contribution in [2.75, 3.05) is 19.1 Å². The second-order valence-electron chi connectivity index (χ2n) is 5.85. The van der Waals surface area contributed by atoms with Gasteiger partial charge in [-0.2, -0.15) is 0 Å². The molecule has 0 saturated carbocycles. The normalized spacial score (nSPS) is 11.6. The average molecular weight is 333 g/mol. The molecule has 1 unspecified atom stereocenters. The zero-order valence-electron chi connectivity index (χ0n) is 14.8. The molecular weight excluding hydrogens is 310 g/mol. The lowest BCUT2D eigenvalue weighted by molar-refractivity contribution is 0.415. The number of rotatable bonds is 6. The van der Waals surface area contributed by atoms with Crippen LogP contribution < -0.4 is 14.4 Å². The van der Waals surface area contributed by atoms with Crippen molar-refractivity contribution in [2.45, 2.75) is 13.0 Å². The van der Waals surface area contributed by atoms with Crippen LogP contribution in [0.2, 0.25) is 0 Å². The van der Waals surface area contributed by atoms with Crippen LogP contribution in [0.5, 0.6) is 11.5 Å². The molecule has 3 aromatic carbocycles. The predicted molar refractivity (Wildman–Crippen MR) is 103 cm³/mol. The molecule has 3 nitrogen and oxygen atoms in total. The van der Waals surface area contributed by atoms with Crippen molar-refractivity contribution in [3.05, 3.63) is 84.4 Å². The van der Waals surface area contributed by atoms with Crippen LogP contribution in [0, 0.1) is 0 Å². The Hall–Kier alpha value is -2.94. The molecule has 25 heavy (non-hydrogen) atoms. The van der Waals surface area contributed by atoms with Gasteiger partial charge in [-0.25, -0.2) is 0 Å². The van der Waals surface area contributed by atoms with E-state index in [9.17, 15) is 0 Å². The van der Waals surface area contributed by atoms with E-state index in [1.54, 1.807) is 14.2 Å². The summed E-state index contributed by atoms with van der Waals surface area (Å²) in [5, 5.41) is 0. The molecule has 0 heterocycles.